The van der Waals surface area contributed by atoms with Crippen molar-refractivity contribution >= 4 is 5.82 Å². The summed E-state index contributed by atoms with van der Waals surface area (Å²) in [5, 5.41) is 3.32. The Kier molecular flexibility index (Phi) is 5.00. The van der Waals surface area contributed by atoms with Crippen LogP contribution in [0.15, 0.2) is 18.3 Å². The van der Waals surface area contributed by atoms with E-state index in [0.717, 1.165) is 37.9 Å². The van der Waals surface area contributed by atoms with E-state index in [1.807, 2.05) is 6.20 Å². The van der Waals surface area contributed by atoms with Gasteiger partial charge in [0.15, 0.2) is 0 Å². The molecule has 1 fully saturated rings. The van der Waals surface area contributed by atoms with E-state index >= 15 is 0 Å². The summed E-state index contributed by atoms with van der Waals surface area (Å²) in [6.07, 6.45) is 5.96. The van der Waals surface area contributed by atoms with E-state index in [-0.39, 0.29) is 0 Å². The first-order valence-corrected chi connectivity index (χ1v) is 7.24. The zero-order chi connectivity index (χ0) is 12.8. The number of hydrogen-bond acceptors (Lipinski definition) is 3. The molecule has 0 aliphatic carbocycles. The van der Waals surface area contributed by atoms with Crippen LogP contribution in [0.25, 0.3) is 0 Å². The average molecular weight is 247 g/mol. The molecule has 2 heterocycles. The molecule has 1 aromatic rings. The Labute approximate surface area is 111 Å². The van der Waals surface area contributed by atoms with Crippen molar-refractivity contribution in [3.8, 4) is 0 Å². The van der Waals surface area contributed by atoms with E-state index in [0.29, 0.717) is 0 Å². The lowest BCUT2D eigenvalue weighted by atomic mass is 9.94. The first-order valence-electron chi connectivity index (χ1n) is 7.24. The van der Waals surface area contributed by atoms with Gasteiger partial charge >= 0.3 is 0 Å². The van der Waals surface area contributed by atoms with Gasteiger partial charge in [-0.05, 0) is 36.9 Å². The number of anilines is 1. The van der Waals surface area contributed by atoms with E-state index in [2.05, 4.69) is 41.2 Å². The molecule has 0 amide bonds. The summed E-state index contributed by atoms with van der Waals surface area (Å²) >= 11 is 0. The molecular formula is C15H25N3. The second-order valence-electron chi connectivity index (χ2n) is 5.14. The molecule has 2 rings (SSSR count). The third-order valence-corrected chi connectivity index (χ3v) is 3.90. The first-order chi connectivity index (χ1) is 8.83. The van der Waals surface area contributed by atoms with Crippen LogP contribution in [0.1, 0.15) is 38.7 Å². The highest BCUT2D eigenvalue weighted by molar-refractivity contribution is 5.39. The van der Waals surface area contributed by atoms with Crippen LogP contribution in [0, 0.1) is 5.92 Å². The first kappa shape index (κ1) is 13.3. The van der Waals surface area contributed by atoms with Crippen LogP contribution in [-0.4, -0.2) is 24.6 Å². The van der Waals surface area contributed by atoms with Crippen LogP contribution in [0.2, 0.25) is 0 Å². The third-order valence-electron chi connectivity index (χ3n) is 3.90. The number of pyridine rings is 1. The number of piperidine rings is 1. The Balaban J connectivity index is 1.89. The fraction of sp³-hybridized carbons (Fsp3) is 0.667. The van der Waals surface area contributed by atoms with Crippen LogP contribution >= 0.6 is 0 Å². The molecule has 0 spiro atoms. The highest BCUT2D eigenvalue weighted by Gasteiger charge is 2.18. The molecule has 1 saturated heterocycles. The highest BCUT2D eigenvalue weighted by Crippen LogP contribution is 2.23. The molecule has 1 aliphatic heterocycles. The standard InChI is InChI=1S/C15H25N3/c1-3-13-7-9-18(10-8-13)15-6-5-14(12-17-15)11-16-4-2/h5-6,12-13,16H,3-4,7-11H2,1-2H3. The number of rotatable bonds is 5. The second-order valence-corrected chi connectivity index (χ2v) is 5.14. The molecule has 0 bridgehead atoms. The van der Waals surface area contributed by atoms with Crippen molar-refractivity contribution in [2.45, 2.75) is 39.7 Å². The minimum atomic E-state index is 0.918. The summed E-state index contributed by atoms with van der Waals surface area (Å²) in [4.78, 5) is 7.01. The molecule has 3 nitrogen and oxygen atoms in total. The van der Waals surface area contributed by atoms with Crippen LogP contribution in [0.3, 0.4) is 0 Å². The summed E-state index contributed by atoms with van der Waals surface area (Å²) in [6.45, 7) is 8.68. The Morgan fingerprint density at radius 1 is 1.28 bits per heavy atom. The number of nitrogens with zero attached hydrogens (tertiary/aromatic N) is 2. The second kappa shape index (κ2) is 6.74. The van der Waals surface area contributed by atoms with Crippen LogP contribution in [-0.2, 0) is 6.54 Å². The quantitative estimate of drug-likeness (QED) is 0.867. The predicted octanol–water partition coefficient (Wildman–Crippen LogP) is 2.82. The number of nitrogens with one attached hydrogen (secondary N) is 1. The van der Waals surface area contributed by atoms with Gasteiger partial charge in [-0.25, -0.2) is 4.98 Å². The molecule has 1 aromatic heterocycles. The maximum atomic E-state index is 4.59. The Bertz CT molecular complexity index is 339. The molecule has 18 heavy (non-hydrogen) atoms. The van der Waals surface area contributed by atoms with Crippen molar-refractivity contribution in [3.05, 3.63) is 23.9 Å². The lowest BCUT2D eigenvalue weighted by molar-refractivity contribution is 0.394. The van der Waals surface area contributed by atoms with E-state index in [1.165, 1.54) is 24.8 Å². The molecule has 1 aliphatic rings. The van der Waals surface area contributed by atoms with Crippen molar-refractivity contribution in [3.63, 3.8) is 0 Å². The van der Waals surface area contributed by atoms with Gasteiger partial charge in [-0.3, -0.25) is 0 Å². The molecule has 3 heteroatoms. The van der Waals surface area contributed by atoms with Gasteiger partial charge < -0.3 is 10.2 Å². The van der Waals surface area contributed by atoms with Gasteiger partial charge in [0, 0.05) is 25.8 Å². The normalized spacial score (nSPS) is 17.1. The molecule has 0 atom stereocenters. The number of hydrogen-bond donors (Lipinski definition) is 1. The van der Waals surface area contributed by atoms with Gasteiger partial charge in [0.05, 0.1) is 0 Å². The van der Waals surface area contributed by atoms with E-state index in [1.54, 1.807) is 0 Å². The van der Waals surface area contributed by atoms with Crippen LogP contribution < -0.4 is 10.2 Å². The van der Waals surface area contributed by atoms with Crippen molar-refractivity contribution in [2.75, 3.05) is 24.5 Å². The summed E-state index contributed by atoms with van der Waals surface area (Å²) in [6, 6.07) is 4.36. The van der Waals surface area contributed by atoms with Crippen molar-refractivity contribution in [1.29, 1.82) is 0 Å². The van der Waals surface area contributed by atoms with Crippen LogP contribution in [0.4, 0.5) is 5.82 Å². The Morgan fingerprint density at radius 3 is 2.61 bits per heavy atom. The van der Waals surface area contributed by atoms with Crippen molar-refractivity contribution < 1.29 is 0 Å². The lowest BCUT2D eigenvalue weighted by Gasteiger charge is -2.32. The number of aromatic nitrogens is 1. The molecule has 100 valence electrons. The van der Waals surface area contributed by atoms with Crippen molar-refractivity contribution in [1.82, 2.24) is 10.3 Å². The van der Waals surface area contributed by atoms with Gasteiger partial charge in [-0.2, -0.15) is 0 Å². The minimum absolute atomic E-state index is 0.918. The van der Waals surface area contributed by atoms with Gasteiger partial charge in [-0.15, -0.1) is 0 Å². The molecule has 0 unspecified atom stereocenters. The van der Waals surface area contributed by atoms with E-state index in [9.17, 15) is 0 Å². The van der Waals surface area contributed by atoms with E-state index < -0.39 is 0 Å². The average Bonchev–Trinajstić information content (AvgIpc) is 2.46. The maximum Gasteiger partial charge on any atom is 0.128 e. The minimum Gasteiger partial charge on any atom is -0.357 e. The fourth-order valence-electron chi connectivity index (χ4n) is 2.55. The largest absolute Gasteiger partial charge is 0.357 e. The zero-order valence-corrected chi connectivity index (χ0v) is 11.7. The summed E-state index contributed by atoms with van der Waals surface area (Å²) in [7, 11) is 0. The Morgan fingerprint density at radius 2 is 2.06 bits per heavy atom. The maximum absolute atomic E-state index is 4.59. The summed E-state index contributed by atoms with van der Waals surface area (Å²) < 4.78 is 0. The van der Waals surface area contributed by atoms with Gasteiger partial charge in [-0.1, -0.05) is 26.3 Å². The SMILES string of the molecule is CCNCc1ccc(N2CCC(CC)CC2)nc1. The predicted molar refractivity (Wildman–Crippen MR) is 76.8 cm³/mol. The lowest BCUT2D eigenvalue weighted by Crippen LogP contribution is -2.34. The molecular weight excluding hydrogens is 222 g/mol. The molecule has 0 radical (unpaired) electrons. The smallest absolute Gasteiger partial charge is 0.128 e. The van der Waals surface area contributed by atoms with Gasteiger partial charge in [0.1, 0.15) is 5.82 Å². The molecule has 0 saturated carbocycles. The van der Waals surface area contributed by atoms with Gasteiger partial charge in [0.25, 0.3) is 0 Å². The molecule has 1 N–H and O–H groups in total. The monoisotopic (exact) mass is 247 g/mol. The Hall–Kier alpha value is -1.09. The molecule has 0 aromatic carbocycles. The van der Waals surface area contributed by atoms with Crippen LogP contribution in [0.5, 0.6) is 0 Å². The highest BCUT2D eigenvalue weighted by atomic mass is 15.2. The zero-order valence-electron chi connectivity index (χ0n) is 11.7. The summed E-state index contributed by atoms with van der Waals surface area (Å²) in [5.74, 6) is 2.07. The summed E-state index contributed by atoms with van der Waals surface area (Å²) in [5.41, 5.74) is 1.27. The van der Waals surface area contributed by atoms with E-state index in [4.69, 9.17) is 0 Å². The third kappa shape index (κ3) is 3.45. The van der Waals surface area contributed by atoms with Crippen molar-refractivity contribution in [2.24, 2.45) is 5.92 Å². The topological polar surface area (TPSA) is 28.2 Å². The van der Waals surface area contributed by atoms with Gasteiger partial charge in [0.2, 0.25) is 0 Å². The fourth-order valence-corrected chi connectivity index (χ4v) is 2.55.